The summed E-state index contributed by atoms with van der Waals surface area (Å²) in [5.41, 5.74) is 2.99. The van der Waals surface area contributed by atoms with Crippen LogP contribution in [0.2, 0.25) is 9.88 Å². The molecule has 0 fully saturated rings. The first-order valence-corrected chi connectivity index (χ1v) is 16.3. The Morgan fingerprint density at radius 3 is 2.13 bits per heavy atom. The van der Waals surface area contributed by atoms with E-state index in [4.69, 9.17) is 0 Å². The number of hydrogen-bond acceptors (Lipinski definition) is 1. The topological polar surface area (TPSA) is 0 Å². The Labute approximate surface area is 112 Å². The van der Waals surface area contributed by atoms with Crippen molar-refractivity contribution in [1.29, 1.82) is 0 Å². The molecule has 0 aromatic heterocycles. The number of rotatable bonds is 4. The van der Waals surface area contributed by atoms with Crippen molar-refractivity contribution in [2.24, 2.45) is 0 Å². The first-order valence-electron chi connectivity index (χ1n) is 5.39. The maximum absolute atomic E-state index is 3.28. The van der Waals surface area contributed by atoms with Crippen LogP contribution in [0.1, 0.15) is 25.0 Å². The van der Waals surface area contributed by atoms with Crippen LogP contribution >= 0.6 is 8.95 Å². The number of hydrogen-bond donors (Lipinski definition) is 0. The summed E-state index contributed by atoms with van der Waals surface area (Å²) in [5, 5.41) is 0. The molecule has 0 saturated heterocycles. The average molecular weight is 392 g/mol. The molecule has 1 aromatic rings. The van der Waals surface area contributed by atoms with Crippen LogP contribution in [0.4, 0.5) is 0 Å². The van der Waals surface area contributed by atoms with Crippen LogP contribution in [0, 0.1) is 0 Å². The van der Waals surface area contributed by atoms with Crippen molar-refractivity contribution in [1.82, 2.24) is 0 Å². The molecule has 1 rings (SSSR count). The molecule has 0 N–H and O–H groups in total. The Balaban J connectivity index is 3.16. The zero-order valence-corrected chi connectivity index (χ0v) is 15.3. The molecule has 0 spiro atoms. The fourth-order valence-corrected chi connectivity index (χ4v) is 10.4. The molecular weight excluding hydrogens is 374 g/mol. The third kappa shape index (κ3) is 3.69. The summed E-state index contributed by atoms with van der Waals surface area (Å²) < 4.78 is 1.42. The Hall–Kier alpha value is 0.888. The molecule has 0 atom stereocenters. The molecule has 0 saturated carbocycles. The molecule has 0 aliphatic rings. The van der Waals surface area contributed by atoms with Crippen LogP contribution in [0.3, 0.4) is 0 Å². The molecule has 0 nitrogen and oxygen atoms in total. The summed E-state index contributed by atoms with van der Waals surface area (Å²) >= 11 is 2.16. The van der Waals surface area contributed by atoms with Crippen molar-refractivity contribution in [3.05, 3.63) is 23.3 Å². The normalized spacial score (nSPS) is 11.0. The molecule has 0 amide bonds. The maximum atomic E-state index is 3.28. The van der Waals surface area contributed by atoms with E-state index in [9.17, 15) is 0 Å². The fourth-order valence-electron chi connectivity index (χ4n) is 1.52. The van der Waals surface area contributed by atoms with Gasteiger partial charge in [0.05, 0.1) is 0 Å². The molecule has 3 heteroatoms. The number of benzene rings is 1. The second-order valence-electron chi connectivity index (χ2n) is 3.76. The van der Waals surface area contributed by atoms with Crippen LogP contribution in [0.5, 0.6) is 0 Å². The number of aryl methyl sites for hydroxylation is 2. The summed E-state index contributed by atoms with van der Waals surface area (Å²) in [6, 6.07) is 4.59. The standard InChI is InChI=1S/C10H13SSe.2CH3.Sn/c1-3-7-5-6-8(4-2)10(12)9(7)11;;;/h5-6,11H,3-4H2,1-2H3;2*1H3;/q;;;+1/p-1. The second kappa shape index (κ2) is 6.58. The van der Waals surface area contributed by atoms with Gasteiger partial charge in [0.1, 0.15) is 0 Å². The van der Waals surface area contributed by atoms with Gasteiger partial charge in [-0.1, -0.05) is 0 Å². The van der Waals surface area contributed by atoms with E-state index in [0.29, 0.717) is 0 Å². The van der Waals surface area contributed by atoms with Crippen molar-refractivity contribution >= 4 is 47.8 Å². The Morgan fingerprint density at radius 1 is 1.13 bits per heavy atom. The van der Waals surface area contributed by atoms with Crippen LogP contribution in [0.15, 0.2) is 17.0 Å². The van der Waals surface area contributed by atoms with E-state index < -0.39 is 18.4 Å². The molecule has 0 heterocycles. The van der Waals surface area contributed by atoms with Gasteiger partial charge in [0, 0.05) is 0 Å². The molecular formula is C12H18SSeSn. The second-order valence-corrected chi connectivity index (χ2v) is 17.6. The van der Waals surface area contributed by atoms with Crippen molar-refractivity contribution in [2.75, 3.05) is 0 Å². The molecule has 0 aliphatic heterocycles. The predicted octanol–water partition coefficient (Wildman–Crippen LogP) is 2.95. The van der Waals surface area contributed by atoms with Gasteiger partial charge in [-0.25, -0.2) is 0 Å². The van der Waals surface area contributed by atoms with E-state index in [0.717, 1.165) is 12.8 Å². The van der Waals surface area contributed by atoms with Gasteiger partial charge in [-0.2, -0.15) is 0 Å². The zero-order chi connectivity index (χ0) is 11.4. The van der Waals surface area contributed by atoms with Crippen molar-refractivity contribution in [3.8, 4) is 0 Å². The Bertz CT molecular complexity index is 337. The van der Waals surface area contributed by atoms with Crippen LogP contribution in [-0.4, -0.2) is 34.4 Å². The SMILES string of the molecule is CCc1ccc(CC)c([S][Sn]([CH3])[CH3])c1[Se]. The summed E-state index contributed by atoms with van der Waals surface area (Å²) in [6.45, 7) is 4.48. The molecule has 0 unspecified atom stereocenters. The van der Waals surface area contributed by atoms with Crippen LogP contribution in [-0.2, 0) is 12.8 Å². The van der Waals surface area contributed by atoms with Gasteiger partial charge < -0.3 is 0 Å². The van der Waals surface area contributed by atoms with E-state index in [-0.39, 0.29) is 0 Å². The predicted molar refractivity (Wildman–Crippen MR) is 73.9 cm³/mol. The minimum absolute atomic E-state index is 1.12. The van der Waals surface area contributed by atoms with Crippen molar-refractivity contribution in [2.45, 2.75) is 41.5 Å². The quantitative estimate of drug-likeness (QED) is 0.711. The molecule has 0 aliphatic carbocycles. The first-order chi connectivity index (χ1) is 7.10. The average Bonchev–Trinajstić information content (AvgIpc) is 2.20. The van der Waals surface area contributed by atoms with Gasteiger partial charge in [-0.05, 0) is 0 Å². The first kappa shape index (κ1) is 14.0. The summed E-state index contributed by atoms with van der Waals surface area (Å²) in [5.74, 6) is 0. The minimum atomic E-state index is -1.12. The van der Waals surface area contributed by atoms with Gasteiger partial charge in [0.25, 0.3) is 0 Å². The molecule has 15 heavy (non-hydrogen) atoms. The van der Waals surface area contributed by atoms with E-state index in [1.54, 1.807) is 4.90 Å². The van der Waals surface area contributed by atoms with E-state index in [2.05, 4.69) is 60.8 Å². The third-order valence-electron chi connectivity index (χ3n) is 2.34. The summed E-state index contributed by atoms with van der Waals surface area (Å²) in [7, 11) is 2.17. The van der Waals surface area contributed by atoms with Gasteiger partial charge in [-0.3, -0.25) is 0 Å². The van der Waals surface area contributed by atoms with Gasteiger partial charge >= 0.3 is 113 Å². The van der Waals surface area contributed by atoms with E-state index >= 15 is 0 Å². The van der Waals surface area contributed by atoms with Crippen molar-refractivity contribution in [3.63, 3.8) is 0 Å². The third-order valence-corrected chi connectivity index (χ3v) is 9.94. The van der Waals surface area contributed by atoms with E-state index in [1.165, 1.54) is 15.6 Å². The van der Waals surface area contributed by atoms with Crippen LogP contribution in [0.25, 0.3) is 0 Å². The molecule has 0 bridgehead atoms. The monoisotopic (exact) mass is 394 g/mol. The summed E-state index contributed by atoms with van der Waals surface area (Å²) in [4.78, 5) is 6.45. The van der Waals surface area contributed by atoms with Crippen molar-refractivity contribution < 1.29 is 0 Å². The zero-order valence-electron chi connectivity index (χ0n) is 9.89. The molecule has 2 radical (unpaired) electrons. The van der Waals surface area contributed by atoms with Gasteiger partial charge in [0.15, 0.2) is 0 Å². The molecule has 82 valence electrons. The molecule has 1 aromatic carbocycles. The van der Waals surface area contributed by atoms with Gasteiger partial charge in [-0.15, -0.1) is 0 Å². The Morgan fingerprint density at radius 2 is 1.67 bits per heavy atom. The summed E-state index contributed by atoms with van der Waals surface area (Å²) in [6.07, 6.45) is 2.28. The Kier molecular flexibility index (Phi) is 6.12. The van der Waals surface area contributed by atoms with Crippen LogP contribution < -0.4 is 4.46 Å². The van der Waals surface area contributed by atoms with E-state index in [1.807, 2.05) is 0 Å². The van der Waals surface area contributed by atoms with Gasteiger partial charge in [0.2, 0.25) is 0 Å². The fraction of sp³-hybridized carbons (Fsp3) is 0.500.